The Bertz CT molecular complexity index is 1130. The second kappa shape index (κ2) is 7.87. The van der Waals surface area contributed by atoms with Gasteiger partial charge in [-0.1, -0.05) is 53.6 Å². The molecule has 0 atom stereocenters. The number of hydrogen-bond acceptors (Lipinski definition) is 2. The van der Waals surface area contributed by atoms with E-state index in [1.54, 1.807) is 12.1 Å². The first-order valence-electron chi connectivity index (χ1n) is 9.18. The van der Waals surface area contributed by atoms with Crippen LogP contribution in [0.2, 0.25) is 5.02 Å². The van der Waals surface area contributed by atoms with Crippen LogP contribution in [0.5, 0.6) is 0 Å². The van der Waals surface area contributed by atoms with Gasteiger partial charge >= 0.3 is 0 Å². The molecule has 0 radical (unpaired) electrons. The number of fused-ring (bicyclic) bond motifs is 1. The minimum Gasteiger partial charge on any atom is -0.326 e. The Morgan fingerprint density at radius 3 is 2.68 bits per heavy atom. The van der Waals surface area contributed by atoms with Crippen molar-refractivity contribution < 1.29 is 4.79 Å². The highest BCUT2D eigenvalue weighted by molar-refractivity contribution is 6.30. The van der Waals surface area contributed by atoms with Crippen LogP contribution in [0.4, 0.5) is 5.69 Å². The minimum atomic E-state index is -0.0528. The fraction of sp³-hybridized carbons (Fsp3) is 0.130. The van der Waals surface area contributed by atoms with E-state index in [1.165, 1.54) is 5.56 Å². The standard InChI is InChI=1S/C23H20ClN3O/c1-16-8-10-17(11-9-16)23-20(27-14-3-2-7-21(27)26-23)12-13-22(28)25-19-6-4-5-18(24)15-19/h2-11,14-15H,12-13H2,1H3,(H,25,28). The number of pyridine rings is 1. The Balaban J connectivity index is 1.59. The normalized spacial score (nSPS) is 10.9. The number of halogens is 1. The number of anilines is 1. The lowest BCUT2D eigenvalue weighted by Crippen LogP contribution is -2.13. The highest BCUT2D eigenvalue weighted by atomic mass is 35.5. The Hall–Kier alpha value is -3.11. The number of aromatic nitrogens is 2. The molecule has 2 heterocycles. The number of carbonyl (C=O) groups is 1. The quantitative estimate of drug-likeness (QED) is 0.487. The largest absolute Gasteiger partial charge is 0.326 e. The molecule has 1 amide bonds. The molecule has 2 aromatic heterocycles. The highest BCUT2D eigenvalue weighted by Gasteiger charge is 2.15. The second-order valence-corrected chi connectivity index (χ2v) is 7.20. The molecule has 1 N–H and O–H groups in total. The van der Waals surface area contributed by atoms with Crippen LogP contribution in [0.1, 0.15) is 17.7 Å². The topological polar surface area (TPSA) is 46.4 Å². The van der Waals surface area contributed by atoms with E-state index in [0.29, 0.717) is 23.6 Å². The Kier molecular flexibility index (Phi) is 5.13. The summed E-state index contributed by atoms with van der Waals surface area (Å²) in [7, 11) is 0. The van der Waals surface area contributed by atoms with Crippen molar-refractivity contribution in [1.82, 2.24) is 9.38 Å². The van der Waals surface area contributed by atoms with E-state index in [2.05, 4.69) is 40.9 Å². The smallest absolute Gasteiger partial charge is 0.224 e. The van der Waals surface area contributed by atoms with Gasteiger partial charge in [-0.3, -0.25) is 4.79 Å². The van der Waals surface area contributed by atoms with Crippen LogP contribution in [0.15, 0.2) is 72.9 Å². The van der Waals surface area contributed by atoms with Gasteiger partial charge in [0.25, 0.3) is 0 Å². The predicted octanol–water partition coefficient (Wildman–Crippen LogP) is 5.53. The van der Waals surface area contributed by atoms with Crippen molar-refractivity contribution >= 4 is 28.8 Å². The summed E-state index contributed by atoms with van der Waals surface area (Å²) >= 11 is 5.99. The molecular formula is C23H20ClN3O. The maximum absolute atomic E-state index is 12.5. The number of carbonyl (C=O) groups excluding carboxylic acids is 1. The Labute approximate surface area is 168 Å². The summed E-state index contributed by atoms with van der Waals surface area (Å²) < 4.78 is 2.06. The molecule has 0 saturated heterocycles. The van der Waals surface area contributed by atoms with Crippen molar-refractivity contribution in [2.45, 2.75) is 19.8 Å². The number of imidazole rings is 1. The molecule has 0 unspecified atom stereocenters. The van der Waals surface area contributed by atoms with Gasteiger partial charge in [-0.05, 0) is 43.7 Å². The van der Waals surface area contributed by atoms with Crippen LogP contribution in [-0.4, -0.2) is 15.3 Å². The molecule has 2 aromatic carbocycles. The van der Waals surface area contributed by atoms with Crippen molar-refractivity contribution in [3.05, 3.63) is 89.2 Å². The molecule has 0 saturated carbocycles. The maximum atomic E-state index is 12.5. The molecule has 0 aliphatic heterocycles. The van der Waals surface area contributed by atoms with Gasteiger partial charge in [-0.25, -0.2) is 4.98 Å². The highest BCUT2D eigenvalue weighted by Crippen LogP contribution is 2.26. The van der Waals surface area contributed by atoms with E-state index in [4.69, 9.17) is 16.6 Å². The predicted molar refractivity (Wildman–Crippen MR) is 114 cm³/mol. The fourth-order valence-corrected chi connectivity index (χ4v) is 3.44. The van der Waals surface area contributed by atoms with E-state index in [9.17, 15) is 4.79 Å². The van der Waals surface area contributed by atoms with Gasteiger partial charge in [0.15, 0.2) is 0 Å². The summed E-state index contributed by atoms with van der Waals surface area (Å²) in [5.41, 5.74) is 5.79. The lowest BCUT2D eigenvalue weighted by atomic mass is 10.1. The number of nitrogens with zero attached hydrogens (tertiary/aromatic N) is 2. The Morgan fingerprint density at radius 2 is 1.89 bits per heavy atom. The van der Waals surface area contributed by atoms with Gasteiger partial charge in [-0.2, -0.15) is 0 Å². The zero-order chi connectivity index (χ0) is 19.5. The van der Waals surface area contributed by atoms with E-state index >= 15 is 0 Å². The molecule has 0 bridgehead atoms. The summed E-state index contributed by atoms with van der Waals surface area (Å²) in [5.74, 6) is -0.0528. The maximum Gasteiger partial charge on any atom is 0.224 e. The first-order valence-corrected chi connectivity index (χ1v) is 9.56. The fourth-order valence-electron chi connectivity index (χ4n) is 3.25. The average molecular weight is 390 g/mol. The molecule has 4 nitrogen and oxygen atoms in total. The second-order valence-electron chi connectivity index (χ2n) is 6.76. The molecule has 28 heavy (non-hydrogen) atoms. The molecule has 0 aliphatic carbocycles. The van der Waals surface area contributed by atoms with Gasteiger partial charge in [-0.15, -0.1) is 0 Å². The van der Waals surface area contributed by atoms with Crippen LogP contribution in [-0.2, 0) is 11.2 Å². The number of amides is 1. The van der Waals surface area contributed by atoms with Crippen molar-refractivity contribution in [3.63, 3.8) is 0 Å². The number of rotatable bonds is 5. The molecular weight excluding hydrogens is 370 g/mol. The van der Waals surface area contributed by atoms with Crippen molar-refractivity contribution in [2.24, 2.45) is 0 Å². The van der Waals surface area contributed by atoms with Crippen LogP contribution in [0.3, 0.4) is 0 Å². The average Bonchev–Trinajstić information content (AvgIpc) is 3.05. The third-order valence-corrected chi connectivity index (χ3v) is 4.89. The first-order chi connectivity index (χ1) is 13.6. The summed E-state index contributed by atoms with van der Waals surface area (Å²) in [6.07, 6.45) is 2.93. The zero-order valence-corrected chi connectivity index (χ0v) is 16.3. The first kappa shape index (κ1) is 18.3. The van der Waals surface area contributed by atoms with Gasteiger partial charge in [0, 0.05) is 28.9 Å². The summed E-state index contributed by atoms with van der Waals surface area (Å²) in [4.78, 5) is 17.3. The van der Waals surface area contributed by atoms with Crippen molar-refractivity contribution in [3.8, 4) is 11.3 Å². The third kappa shape index (κ3) is 3.92. The monoisotopic (exact) mass is 389 g/mol. The summed E-state index contributed by atoms with van der Waals surface area (Å²) in [6.45, 7) is 2.06. The van der Waals surface area contributed by atoms with Gasteiger partial charge < -0.3 is 9.72 Å². The molecule has 0 aliphatic rings. The van der Waals surface area contributed by atoms with E-state index in [1.807, 2.05) is 36.5 Å². The third-order valence-electron chi connectivity index (χ3n) is 4.65. The molecule has 0 spiro atoms. The van der Waals surface area contributed by atoms with Gasteiger partial charge in [0.2, 0.25) is 5.91 Å². The van der Waals surface area contributed by atoms with Crippen LogP contribution < -0.4 is 5.32 Å². The zero-order valence-electron chi connectivity index (χ0n) is 15.5. The number of hydrogen-bond donors (Lipinski definition) is 1. The molecule has 4 aromatic rings. The van der Waals surface area contributed by atoms with E-state index < -0.39 is 0 Å². The van der Waals surface area contributed by atoms with Crippen molar-refractivity contribution in [2.75, 3.05) is 5.32 Å². The molecule has 140 valence electrons. The number of nitrogens with one attached hydrogen (secondary N) is 1. The Morgan fingerprint density at radius 1 is 1.07 bits per heavy atom. The van der Waals surface area contributed by atoms with Gasteiger partial charge in [0.1, 0.15) is 5.65 Å². The van der Waals surface area contributed by atoms with Gasteiger partial charge in [0.05, 0.1) is 11.4 Å². The SMILES string of the molecule is Cc1ccc(-c2nc3ccccn3c2CCC(=O)Nc2cccc(Cl)c2)cc1. The van der Waals surface area contributed by atoms with Crippen LogP contribution in [0.25, 0.3) is 16.9 Å². The molecule has 0 fully saturated rings. The summed E-state index contributed by atoms with van der Waals surface area (Å²) in [6, 6.07) is 21.4. The number of aryl methyl sites for hydroxylation is 2. The number of benzene rings is 2. The lowest BCUT2D eigenvalue weighted by Gasteiger charge is -2.08. The van der Waals surface area contributed by atoms with Crippen molar-refractivity contribution in [1.29, 1.82) is 0 Å². The summed E-state index contributed by atoms with van der Waals surface area (Å²) in [5, 5.41) is 3.51. The molecule has 4 rings (SSSR count). The minimum absolute atomic E-state index is 0.0528. The van der Waals surface area contributed by atoms with E-state index in [0.717, 1.165) is 22.6 Å². The lowest BCUT2D eigenvalue weighted by molar-refractivity contribution is -0.116. The van der Waals surface area contributed by atoms with Crippen LogP contribution in [0, 0.1) is 6.92 Å². The van der Waals surface area contributed by atoms with E-state index in [-0.39, 0.29) is 5.91 Å². The van der Waals surface area contributed by atoms with Crippen LogP contribution >= 0.6 is 11.6 Å². The molecule has 5 heteroatoms.